The molecule has 1 aliphatic heterocycles. The van der Waals surface area contributed by atoms with E-state index in [4.69, 9.17) is 5.73 Å². The van der Waals surface area contributed by atoms with Crippen LogP contribution in [0.25, 0.3) is 16.9 Å². The Morgan fingerprint density at radius 3 is 2.79 bits per heavy atom. The summed E-state index contributed by atoms with van der Waals surface area (Å²) in [5, 5.41) is 12.3. The number of hydrogen-bond donors (Lipinski definition) is 1. The highest BCUT2D eigenvalue weighted by Gasteiger charge is 2.24. The van der Waals surface area contributed by atoms with Crippen molar-refractivity contribution in [1.82, 2.24) is 19.8 Å². The number of fused-ring (bicyclic) bond motifs is 1. The Bertz CT molecular complexity index is 937. The van der Waals surface area contributed by atoms with Gasteiger partial charge in [-0.25, -0.2) is 4.39 Å². The molecule has 1 saturated heterocycles. The summed E-state index contributed by atoms with van der Waals surface area (Å²) in [6.45, 7) is 0.766. The van der Waals surface area contributed by atoms with Gasteiger partial charge in [0.2, 0.25) is 5.91 Å². The van der Waals surface area contributed by atoms with Gasteiger partial charge in [-0.1, -0.05) is 6.07 Å². The molecule has 3 aromatic rings. The first-order valence-corrected chi connectivity index (χ1v) is 7.69. The molecule has 1 fully saturated rings. The number of carbonyl (C=O) groups excluding carboxylic acids is 1. The van der Waals surface area contributed by atoms with Crippen molar-refractivity contribution in [3.8, 4) is 11.3 Å². The first-order valence-electron chi connectivity index (χ1n) is 7.69. The van der Waals surface area contributed by atoms with E-state index in [2.05, 4.69) is 15.3 Å². The van der Waals surface area contributed by atoms with Crippen molar-refractivity contribution in [2.45, 2.75) is 19.4 Å². The molecule has 0 saturated carbocycles. The Kier molecular flexibility index (Phi) is 3.46. The third-order valence-electron chi connectivity index (χ3n) is 4.12. The maximum absolute atomic E-state index is 14.5. The molecule has 2 aromatic heterocycles. The summed E-state index contributed by atoms with van der Waals surface area (Å²) in [6.07, 6.45) is 1.22. The lowest BCUT2D eigenvalue weighted by atomic mass is 10.1. The zero-order valence-corrected chi connectivity index (χ0v) is 12.8. The molecule has 1 aromatic carbocycles. The van der Waals surface area contributed by atoms with Crippen LogP contribution in [-0.4, -0.2) is 32.3 Å². The van der Waals surface area contributed by atoms with E-state index in [9.17, 15) is 9.18 Å². The van der Waals surface area contributed by atoms with Gasteiger partial charge in [-0.05, 0) is 30.7 Å². The van der Waals surface area contributed by atoms with Crippen LogP contribution in [0.15, 0.2) is 30.3 Å². The lowest BCUT2D eigenvalue weighted by Crippen LogP contribution is -2.24. The van der Waals surface area contributed by atoms with Gasteiger partial charge in [0, 0.05) is 18.5 Å². The summed E-state index contributed by atoms with van der Waals surface area (Å²) in [4.78, 5) is 13.3. The van der Waals surface area contributed by atoms with Gasteiger partial charge in [0.05, 0.1) is 17.9 Å². The molecule has 0 bridgehead atoms. The van der Waals surface area contributed by atoms with Crippen molar-refractivity contribution in [2.75, 3.05) is 11.4 Å². The fourth-order valence-corrected chi connectivity index (χ4v) is 2.90. The molecule has 0 spiro atoms. The third-order valence-corrected chi connectivity index (χ3v) is 4.12. The lowest BCUT2D eigenvalue weighted by molar-refractivity contribution is -0.117. The van der Waals surface area contributed by atoms with Crippen molar-refractivity contribution >= 4 is 17.2 Å². The van der Waals surface area contributed by atoms with Crippen molar-refractivity contribution in [3.63, 3.8) is 0 Å². The highest BCUT2D eigenvalue weighted by Crippen LogP contribution is 2.28. The number of nitrogens with zero attached hydrogens (tertiary/aromatic N) is 5. The van der Waals surface area contributed by atoms with E-state index in [1.807, 2.05) is 0 Å². The number of aromatic nitrogens is 4. The highest BCUT2D eigenvalue weighted by atomic mass is 19.1. The molecule has 0 unspecified atom stereocenters. The summed E-state index contributed by atoms with van der Waals surface area (Å²) < 4.78 is 16.0. The number of anilines is 1. The summed E-state index contributed by atoms with van der Waals surface area (Å²) in [5.74, 6) is 0.0531. The molecule has 0 radical (unpaired) electrons. The number of carbonyl (C=O) groups is 1. The maximum Gasteiger partial charge on any atom is 0.227 e. The van der Waals surface area contributed by atoms with Gasteiger partial charge in [0.25, 0.3) is 0 Å². The van der Waals surface area contributed by atoms with Crippen LogP contribution in [0.5, 0.6) is 0 Å². The van der Waals surface area contributed by atoms with Gasteiger partial charge >= 0.3 is 0 Å². The second-order valence-electron chi connectivity index (χ2n) is 5.62. The van der Waals surface area contributed by atoms with Gasteiger partial charge in [-0.15, -0.1) is 10.2 Å². The van der Waals surface area contributed by atoms with Gasteiger partial charge < -0.3 is 10.6 Å². The zero-order valence-electron chi connectivity index (χ0n) is 12.8. The summed E-state index contributed by atoms with van der Waals surface area (Å²) >= 11 is 0. The molecule has 122 valence electrons. The number of hydrogen-bond acceptors (Lipinski definition) is 5. The van der Waals surface area contributed by atoms with Gasteiger partial charge in [0.15, 0.2) is 11.5 Å². The standard InChI is InChI=1S/C16H15FN6O/c17-11-8-10(3-5-13(11)22-7-1-2-16(22)24)12-4-6-14-19-20-15(9-18)23(14)21-12/h3-6,8H,1-2,7,9,18H2. The number of benzene rings is 1. The molecule has 24 heavy (non-hydrogen) atoms. The second-order valence-corrected chi connectivity index (χ2v) is 5.62. The van der Waals surface area contributed by atoms with Crippen LogP contribution in [0.3, 0.4) is 0 Å². The number of nitrogens with two attached hydrogens (primary N) is 1. The van der Waals surface area contributed by atoms with Crippen molar-refractivity contribution < 1.29 is 9.18 Å². The van der Waals surface area contributed by atoms with E-state index in [0.717, 1.165) is 6.42 Å². The molecule has 7 nitrogen and oxygen atoms in total. The second kappa shape index (κ2) is 5.64. The molecule has 3 heterocycles. The molecular formula is C16H15FN6O. The topological polar surface area (TPSA) is 89.4 Å². The molecule has 1 amide bonds. The summed E-state index contributed by atoms with van der Waals surface area (Å²) in [6, 6.07) is 8.27. The van der Waals surface area contributed by atoms with Crippen LogP contribution in [0.1, 0.15) is 18.7 Å². The predicted octanol–water partition coefficient (Wildman–Crippen LogP) is 1.52. The first kappa shape index (κ1) is 14.7. The highest BCUT2D eigenvalue weighted by molar-refractivity contribution is 5.95. The van der Waals surface area contributed by atoms with E-state index < -0.39 is 5.82 Å². The van der Waals surface area contributed by atoms with Crippen LogP contribution >= 0.6 is 0 Å². The third kappa shape index (κ3) is 2.31. The molecule has 1 aliphatic rings. The van der Waals surface area contributed by atoms with Crippen molar-refractivity contribution in [3.05, 3.63) is 42.0 Å². The zero-order chi connectivity index (χ0) is 16.7. The molecule has 2 N–H and O–H groups in total. The van der Waals surface area contributed by atoms with E-state index >= 15 is 0 Å². The van der Waals surface area contributed by atoms with Crippen LogP contribution in [0.4, 0.5) is 10.1 Å². The van der Waals surface area contributed by atoms with E-state index in [1.165, 1.54) is 11.0 Å². The van der Waals surface area contributed by atoms with Crippen molar-refractivity contribution in [2.24, 2.45) is 5.73 Å². The van der Waals surface area contributed by atoms with Gasteiger partial charge in [-0.3, -0.25) is 4.79 Å². The molecule has 0 aliphatic carbocycles. The fraction of sp³-hybridized carbons (Fsp3) is 0.250. The maximum atomic E-state index is 14.5. The number of amides is 1. The minimum Gasteiger partial charge on any atom is -0.324 e. The van der Waals surface area contributed by atoms with E-state index in [-0.39, 0.29) is 12.5 Å². The predicted molar refractivity (Wildman–Crippen MR) is 85.7 cm³/mol. The summed E-state index contributed by atoms with van der Waals surface area (Å²) in [7, 11) is 0. The Hall–Kier alpha value is -2.87. The largest absolute Gasteiger partial charge is 0.324 e. The van der Waals surface area contributed by atoms with Crippen LogP contribution in [0, 0.1) is 5.82 Å². The fourth-order valence-electron chi connectivity index (χ4n) is 2.90. The Morgan fingerprint density at radius 1 is 1.21 bits per heavy atom. The SMILES string of the molecule is NCc1nnc2ccc(-c3ccc(N4CCCC4=O)c(F)c3)nn12. The average Bonchev–Trinajstić information content (AvgIpc) is 3.20. The molecule has 4 rings (SSSR count). The first-order chi connectivity index (χ1) is 11.7. The van der Waals surface area contributed by atoms with Crippen molar-refractivity contribution in [1.29, 1.82) is 0 Å². The molecular weight excluding hydrogens is 311 g/mol. The van der Waals surface area contributed by atoms with E-state index in [0.29, 0.717) is 41.4 Å². The molecule has 8 heteroatoms. The Morgan fingerprint density at radius 2 is 2.08 bits per heavy atom. The van der Waals surface area contributed by atoms with Crippen LogP contribution < -0.4 is 10.6 Å². The van der Waals surface area contributed by atoms with E-state index in [1.54, 1.807) is 28.8 Å². The Labute approximate surface area is 136 Å². The van der Waals surface area contributed by atoms with Gasteiger partial charge in [-0.2, -0.15) is 9.61 Å². The smallest absolute Gasteiger partial charge is 0.227 e. The minimum absolute atomic E-state index is 0.0433. The number of rotatable bonds is 3. The molecule has 0 atom stereocenters. The summed E-state index contributed by atoms with van der Waals surface area (Å²) in [5.41, 5.74) is 7.70. The Balaban J connectivity index is 1.74. The van der Waals surface area contributed by atoms with Crippen LogP contribution in [0.2, 0.25) is 0 Å². The quantitative estimate of drug-likeness (QED) is 0.788. The number of halogens is 1. The van der Waals surface area contributed by atoms with Crippen LogP contribution in [-0.2, 0) is 11.3 Å². The average molecular weight is 326 g/mol. The lowest BCUT2D eigenvalue weighted by Gasteiger charge is -2.17. The monoisotopic (exact) mass is 326 g/mol. The minimum atomic E-state index is -0.438. The normalized spacial score (nSPS) is 14.8. The van der Waals surface area contributed by atoms with Gasteiger partial charge in [0.1, 0.15) is 5.82 Å².